The van der Waals surface area contributed by atoms with Gasteiger partial charge in [0.05, 0.1) is 5.69 Å². The summed E-state index contributed by atoms with van der Waals surface area (Å²) in [7, 11) is 0. The van der Waals surface area contributed by atoms with E-state index in [9.17, 15) is 4.79 Å². The van der Waals surface area contributed by atoms with Gasteiger partial charge in [0.1, 0.15) is 0 Å². The number of nitrogens with zero attached hydrogens (tertiary/aromatic N) is 2. The van der Waals surface area contributed by atoms with Gasteiger partial charge in [-0.3, -0.25) is 4.40 Å². The molecule has 0 aliphatic heterocycles. The third kappa shape index (κ3) is 3.56. The topological polar surface area (TPSA) is 58.4 Å². The van der Waals surface area contributed by atoms with E-state index in [0.29, 0.717) is 16.4 Å². The summed E-state index contributed by atoms with van der Waals surface area (Å²) >= 11 is 7.50. The number of carbonyl (C=O) groups is 1. The van der Waals surface area contributed by atoms with Crippen molar-refractivity contribution >= 4 is 45.3 Å². The van der Waals surface area contributed by atoms with Crippen molar-refractivity contribution in [3.8, 4) is 11.3 Å². The lowest BCUT2D eigenvalue weighted by Gasteiger charge is -2.08. The Kier molecular flexibility index (Phi) is 4.36. The standard InChI is InChI=1S/C19H15ClN4OS/c1-12-10-24-11-17(23-19(24)26-12)13-3-2-4-16(9-13)22-18(25)21-15-7-5-14(20)6-8-15/h2-11H,1H3,(H2,21,22,25). The number of halogens is 1. The van der Waals surface area contributed by atoms with Gasteiger partial charge >= 0.3 is 6.03 Å². The number of amides is 2. The summed E-state index contributed by atoms with van der Waals surface area (Å²) < 4.78 is 2.02. The van der Waals surface area contributed by atoms with Crippen molar-refractivity contribution in [3.63, 3.8) is 0 Å². The monoisotopic (exact) mass is 382 g/mol. The van der Waals surface area contributed by atoms with Gasteiger partial charge in [-0.05, 0) is 43.3 Å². The highest BCUT2D eigenvalue weighted by molar-refractivity contribution is 7.17. The third-order valence-electron chi connectivity index (χ3n) is 3.79. The predicted octanol–water partition coefficient (Wildman–Crippen LogP) is 5.67. The highest BCUT2D eigenvalue weighted by atomic mass is 35.5. The van der Waals surface area contributed by atoms with Crippen LogP contribution in [0.1, 0.15) is 4.88 Å². The van der Waals surface area contributed by atoms with Gasteiger partial charge in [-0.25, -0.2) is 9.78 Å². The number of aryl methyl sites for hydroxylation is 1. The van der Waals surface area contributed by atoms with E-state index in [4.69, 9.17) is 11.6 Å². The SMILES string of the molecule is Cc1cn2cc(-c3cccc(NC(=O)Nc4ccc(Cl)cc4)c3)nc2s1. The smallest absolute Gasteiger partial charge is 0.308 e. The number of thiazole rings is 1. The van der Waals surface area contributed by atoms with Crippen LogP contribution in [0.2, 0.25) is 5.02 Å². The molecule has 0 aliphatic carbocycles. The van der Waals surface area contributed by atoms with Crippen molar-refractivity contribution in [2.75, 3.05) is 10.6 Å². The molecule has 0 spiro atoms. The number of carbonyl (C=O) groups excluding carboxylic acids is 1. The second-order valence-electron chi connectivity index (χ2n) is 5.82. The van der Waals surface area contributed by atoms with Gasteiger partial charge in [0.25, 0.3) is 0 Å². The second-order valence-corrected chi connectivity index (χ2v) is 7.47. The van der Waals surface area contributed by atoms with E-state index in [2.05, 4.69) is 28.7 Å². The van der Waals surface area contributed by atoms with Crippen molar-refractivity contribution < 1.29 is 4.79 Å². The first-order chi connectivity index (χ1) is 12.6. The van der Waals surface area contributed by atoms with Gasteiger partial charge in [0.2, 0.25) is 0 Å². The Morgan fingerprint density at radius 2 is 1.85 bits per heavy atom. The summed E-state index contributed by atoms with van der Waals surface area (Å²) in [4.78, 5) is 19.0. The second kappa shape index (κ2) is 6.82. The summed E-state index contributed by atoms with van der Waals surface area (Å²) in [6.45, 7) is 2.06. The van der Waals surface area contributed by atoms with Crippen LogP contribution in [0.4, 0.5) is 16.2 Å². The zero-order chi connectivity index (χ0) is 18.1. The molecule has 4 rings (SSSR count). The lowest BCUT2D eigenvalue weighted by Crippen LogP contribution is -2.19. The van der Waals surface area contributed by atoms with Gasteiger partial charge in [0, 0.05) is 39.2 Å². The number of hydrogen-bond donors (Lipinski definition) is 2. The predicted molar refractivity (Wildman–Crippen MR) is 107 cm³/mol. The van der Waals surface area contributed by atoms with Crippen molar-refractivity contribution in [2.24, 2.45) is 0 Å². The number of anilines is 2. The fourth-order valence-electron chi connectivity index (χ4n) is 2.63. The van der Waals surface area contributed by atoms with Crippen LogP contribution < -0.4 is 10.6 Å². The fourth-order valence-corrected chi connectivity index (χ4v) is 3.57. The number of benzene rings is 2. The number of aromatic nitrogens is 2. The quantitative estimate of drug-likeness (QED) is 0.479. The molecule has 0 saturated heterocycles. The first-order valence-electron chi connectivity index (χ1n) is 7.96. The van der Waals surface area contributed by atoms with E-state index in [1.807, 2.05) is 34.9 Å². The lowest BCUT2D eigenvalue weighted by atomic mass is 10.1. The average molecular weight is 383 g/mol. The maximum absolute atomic E-state index is 12.2. The van der Waals surface area contributed by atoms with Crippen LogP contribution in [0.3, 0.4) is 0 Å². The number of fused-ring (bicyclic) bond motifs is 1. The molecule has 0 unspecified atom stereocenters. The summed E-state index contributed by atoms with van der Waals surface area (Å²) in [5, 5.41) is 6.23. The minimum absolute atomic E-state index is 0.314. The Bertz CT molecular complexity index is 1050. The Hall–Kier alpha value is -2.83. The van der Waals surface area contributed by atoms with E-state index in [1.54, 1.807) is 35.6 Å². The molecule has 130 valence electrons. The van der Waals surface area contributed by atoms with Crippen LogP contribution in [-0.4, -0.2) is 15.4 Å². The average Bonchev–Trinajstić information content (AvgIpc) is 3.14. The largest absolute Gasteiger partial charge is 0.323 e. The van der Waals surface area contributed by atoms with Gasteiger partial charge < -0.3 is 10.6 Å². The number of urea groups is 1. The van der Waals surface area contributed by atoms with Crippen molar-refractivity contribution in [2.45, 2.75) is 6.92 Å². The molecule has 0 saturated carbocycles. The van der Waals surface area contributed by atoms with E-state index in [1.165, 1.54) is 4.88 Å². The summed E-state index contributed by atoms with van der Waals surface area (Å²) in [6.07, 6.45) is 4.05. The molecular formula is C19H15ClN4OS. The van der Waals surface area contributed by atoms with Crippen LogP contribution in [0.25, 0.3) is 16.2 Å². The lowest BCUT2D eigenvalue weighted by molar-refractivity contribution is 0.262. The Balaban J connectivity index is 1.50. The molecule has 2 N–H and O–H groups in total. The molecule has 2 aromatic heterocycles. The van der Waals surface area contributed by atoms with E-state index in [0.717, 1.165) is 16.2 Å². The third-order valence-corrected chi connectivity index (χ3v) is 4.95. The Morgan fingerprint density at radius 1 is 1.08 bits per heavy atom. The van der Waals surface area contributed by atoms with Crippen LogP contribution in [-0.2, 0) is 0 Å². The number of nitrogens with one attached hydrogen (secondary N) is 2. The molecule has 0 radical (unpaired) electrons. The molecular weight excluding hydrogens is 368 g/mol. The highest BCUT2D eigenvalue weighted by Gasteiger charge is 2.08. The molecule has 2 heterocycles. The van der Waals surface area contributed by atoms with E-state index < -0.39 is 0 Å². The van der Waals surface area contributed by atoms with E-state index >= 15 is 0 Å². The zero-order valence-electron chi connectivity index (χ0n) is 13.9. The van der Waals surface area contributed by atoms with Crippen LogP contribution in [0, 0.1) is 6.92 Å². The van der Waals surface area contributed by atoms with Gasteiger partial charge in [-0.1, -0.05) is 23.7 Å². The molecule has 26 heavy (non-hydrogen) atoms. The normalized spacial score (nSPS) is 10.8. The Morgan fingerprint density at radius 3 is 2.62 bits per heavy atom. The van der Waals surface area contributed by atoms with Gasteiger partial charge in [-0.15, -0.1) is 11.3 Å². The van der Waals surface area contributed by atoms with E-state index in [-0.39, 0.29) is 6.03 Å². The summed E-state index contributed by atoms with van der Waals surface area (Å²) in [5.74, 6) is 0. The number of imidazole rings is 1. The first kappa shape index (κ1) is 16.6. The van der Waals surface area contributed by atoms with Crippen molar-refractivity contribution in [1.82, 2.24) is 9.38 Å². The van der Waals surface area contributed by atoms with Gasteiger partial charge in [0.15, 0.2) is 4.96 Å². The minimum Gasteiger partial charge on any atom is -0.308 e. The summed E-state index contributed by atoms with van der Waals surface area (Å²) in [6, 6.07) is 14.2. The number of hydrogen-bond acceptors (Lipinski definition) is 3. The molecule has 2 aromatic carbocycles. The summed E-state index contributed by atoms with van der Waals surface area (Å²) in [5.41, 5.74) is 3.19. The van der Waals surface area contributed by atoms with Crippen LogP contribution >= 0.6 is 22.9 Å². The van der Waals surface area contributed by atoms with Crippen molar-refractivity contribution in [3.05, 3.63) is 70.8 Å². The van der Waals surface area contributed by atoms with Crippen LogP contribution in [0.15, 0.2) is 60.9 Å². The van der Waals surface area contributed by atoms with Crippen molar-refractivity contribution in [1.29, 1.82) is 0 Å². The molecule has 7 heteroatoms. The molecule has 4 aromatic rings. The zero-order valence-corrected chi connectivity index (χ0v) is 15.4. The van der Waals surface area contributed by atoms with Gasteiger partial charge in [-0.2, -0.15) is 0 Å². The molecule has 2 amide bonds. The highest BCUT2D eigenvalue weighted by Crippen LogP contribution is 2.25. The molecule has 0 fully saturated rings. The molecule has 0 atom stereocenters. The fraction of sp³-hybridized carbons (Fsp3) is 0.0526. The van der Waals surface area contributed by atoms with Crippen LogP contribution in [0.5, 0.6) is 0 Å². The molecule has 5 nitrogen and oxygen atoms in total. The first-order valence-corrected chi connectivity index (χ1v) is 9.15. The maximum Gasteiger partial charge on any atom is 0.323 e. The molecule has 0 aliphatic rings. The minimum atomic E-state index is -0.314. The molecule has 0 bridgehead atoms. The maximum atomic E-state index is 12.2. The Labute approximate surface area is 159 Å². The number of rotatable bonds is 3.